The number of rotatable bonds is 7. The lowest BCUT2D eigenvalue weighted by atomic mass is 10.0. The molecular formula is C20H27N3O3S2. The molecular weight excluding hydrogens is 394 g/mol. The number of nitrogens with one attached hydrogen (secondary N) is 2. The van der Waals surface area contributed by atoms with E-state index in [4.69, 9.17) is 0 Å². The van der Waals surface area contributed by atoms with E-state index in [1.165, 1.54) is 25.3 Å². The van der Waals surface area contributed by atoms with Gasteiger partial charge >= 0.3 is 0 Å². The van der Waals surface area contributed by atoms with Crippen molar-refractivity contribution < 1.29 is 13.2 Å². The summed E-state index contributed by atoms with van der Waals surface area (Å²) in [5.74, 6) is -0.553. The first-order valence-corrected chi connectivity index (χ1v) is 11.9. The summed E-state index contributed by atoms with van der Waals surface area (Å²) >= 11 is 1.13. The van der Waals surface area contributed by atoms with Crippen LogP contribution in [0.15, 0.2) is 46.0 Å². The van der Waals surface area contributed by atoms with Crippen molar-refractivity contribution in [1.82, 2.24) is 4.72 Å². The third-order valence-electron chi connectivity index (χ3n) is 4.85. The van der Waals surface area contributed by atoms with Crippen LogP contribution in [0.5, 0.6) is 0 Å². The van der Waals surface area contributed by atoms with Gasteiger partial charge in [-0.25, -0.2) is 8.42 Å². The summed E-state index contributed by atoms with van der Waals surface area (Å²) in [5.41, 5.74) is 1.81. The molecule has 1 aliphatic heterocycles. The molecule has 1 atom stereocenters. The monoisotopic (exact) mass is 421 g/mol. The molecule has 1 saturated heterocycles. The smallest absolute Gasteiger partial charge is 0.250 e. The zero-order valence-electron chi connectivity index (χ0n) is 16.2. The molecule has 1 aromatic carbocycles. The summed E-state index contributed by atoms with van der Waals surface area (Å²) < 4.78 is 27.7. The first-order valence-electron chi connectivity index (χ1n) is 9.58. The highest BCUT2D eigenvalue weighted by Crippen LogP contribution is 2.22. The predicted octanol–water partition coefficient (Wildman–Crippen LogP) is 3.68. The maximum absolute atomic E-state index is 12.7. The number of thiophene rings is 1. The standard InChI is InChI=1S/C20H27N3O3S2/c1-15(2)19(22-28(25,26)18-7-6-14-27-18)20(24)21-16-8-10-17(11-9-16)23-12-4-3-5-13-23/h6-11,14-15,19,22H,3-5,12-13H2,1-2H3,(H,21,24). The highest BCUT2D eigenvalue weighted by atomic mass is 32.2. The number of amides is 1. The van der Waals surface area contributed by atoms with Crippen molar-refractivity contribution in [3.63, 3.8) is 0 Å². The lowest BCUT2D eigenvalue weighted by Crippen LogP contribution is -2.46. The number of piperidine rings is 1. The Balaban J connectivity index is 1.67. The van der Waals surface area contributed by atoms with Crippen molar-refractivity contribution in [3.8, 4) is 0 Å². The van der Waals surface area contributed by atoms with E-state index >= 15 is 0 Å². The molecule has 1 unspecified atom stereocenters. The Morgan fingerprint density at radius 1 is 1.07 bits per heavy atom. The van der Waals surface area contributed by atoms with E-state index < -0.39 is 16.1 Å². The second kappa shape index (κ2) is 9.07. The SMILES string of the molecule is CC(C)C(NS(=O)(=O)c1cccs1)C(=O)Nc1ccc(N2CCCCC2)cc1. The second-order valence-corrected chi connectivity index (χ2v) is 10.2. The Bertz CT molecular complexity index is 872. The topological polar surface area (TPSA) is 78.5 Å². The molecule has 2 N–H and O–H groups in total. The van der Waals surface area contributed by atoms with Crippen LogP contribution in [-0.4, -0.2) is 33.5 Å². The molecule has 1 fully saturated rings. The molecule has 28 heavy (non-hydrogen) atoms. The average Bonchev–Trinajstić information content (AvgIpc) is 3.23. The van der Waals surface area contributed by atoms with Crippen LogP contribution in [0, 0.1) is 5.92 Å². The van der Waals surface area contributed by atoms with E-state index in [0.29, 0.717) is 5.69 Å². The fraction of sp³-hybridized carbons (Fsp3) is 0.450. The third-order valence-corrected chi connectivity index (χ3v) is 7.69. The largest absolute Gasteiger partial charge is 0.372 e. The van der Waals surface area contributed by atoms with Gasteiger partial charge in [0.1, 0.15) is 10.3 Å². The Morgan fingerprint density at radius 3 is 2.32 bits per heavy atom. The molecule has 3 rings (SSSR count). The maximum atomic E-state index is 12.7. The third kappa shape index (κ3) is 5.12. The molecule has 0 aliphatic carbocycles. The van der Waals surface area contributed by atoms with Gasteiger partial charge in [0.25, 0.3) is 10.0 Å². The molecule has 152 valence electrons. The summed E-state index contributed by atoms with van der Waals surface area (Å²) in [4.78, 5) is 15.1. The van der Waals surface area contributed by atoms with Gasteiger partial charge in [0.05, 0.1) is 0 Å². The predicted molar refractivity (Wildman–Crippen MR) is 114 cm³/mol. The first kappa shape index (κ1) is 20.8. The van der Waals surface area contributed by atoms with E-state index in [1.807, 2.05) is 38.1 Å². The summed E-state index contributed by atoms with van der Waals surface area (Å²) in [6, 6.07) is 10.1. The van der Waals surface area contributed by atoms with Gasteiger partial charge in [-0.1, -0.05) is 19.9 Å². The number of hydrogen-bond acceptors (Lipinski definition) is 5. The highest BCUT2D eigenvalue weighted by molar-refractivity contribution is 7.91. The van der Waals surface area contributed by atoms with Crippen LogP contribution in [0.1, 0.15) is 33.1 Å². The average molecular weight is 422 g/mol. The van der Waals surface area contributed by atoms with Crippen LogP contribution >= 0.6 is 11.3 Å². The Morgan fingerprint density at radius 2 is 1.75 bits per heavy atom. The fourth-order valence-corrected chi connectivity index (χ4v) is 5.62. The summed E-state index contributed by atoms with van der Waals surface area (Å²) in [5, 5.41) is 4.54. The Labute approximate surface area is 171 Å². The number of benzene rings is 1. The van der Waals surface area contributed by atoms with Gasteiger partial charge in [0.2, 0.25) is 5.91 Å². The van der Waals surface area contributed by atoms with Crippen LogP contribution in [0.3, 0.4) is 0 Å². The minimum Gasteiger partial charge on any atom is -0.372 e. The molecule has 2 heterocycles. The molecule has 2 aromatic rings. The zero-order valence-corrected chi connectivity index (χ0v) is 17.9. The van der Waals surface area contributed by atoms with Crippen molar-refractivity contribution >= 4 is 38.6 Å². The van der Waals surface area contributed by atoms with Gasteiger partial charge < -0.3 is 10.2 Å². The van der Waals surface area contributed by atoms with E-state index in [9.17, 15) is 13.2 Å². The summed E-state index contributed by atoms with van der Waals surface area (Å²) in [6.45, 7) is 5.76. The van der Waals surface area contributed by atoms with Gasteiger partial charge in [0.15, 0.2) is 0 Å². The Kier molecular flexibility index (Phi) is 6.74. The van der Waals surface area contributed by atoms with Crippen molar-refractivity contribution in [1.29, 1.82) is 0 Å². The van der Waals surface area contributed by atoms with Crippen molar-refractivity contribution in [2.24, 2.45) is 5.92 Å². The van der Waals surface area contributed by atoms with Crippen LogP contribution in [0.2, 0.25) is 0 Å². The number of carbonyl (C=O) groups is 1. The van der Waals surface area contributed by atoms with Gasteiger partial charge in [-0.15, -0.1) is 11.3 Å². The van der Waals surface area contributed by atoms with Crippen LogP contribution in [0.25, 0.3) is 0 Å². The number of hydrogen-bond donors (Lipinski definition) is 2. The molecule has 0 saturated carbocycles. The van der Waals surface area contributed by atoms with Gasteiger partial charge in [-0.3, -0.25) is 4.79 Å². The molecule has 0 spiro atoms. The maximum Gasteiger partial charge on any atom is 0.250 e. The van der Waals surface area contributed by atoms with Gasteiger partial charge in [-0.05, 0) is 60.9 Å². The quantitative estimate of drug-likeness (QED) is 0.715. The van der Waals surface area contributed by atoms with E-state index in [2.05, 4.69) is 14.9 Å². The van der Waals surface area contributed by atoms with Crippen LogP contribution in [-0.2, 0) is 14.8 Å². The molecule has 1 aliphatic rings. The highest BCUT2D eigenvalue weighted by Gasteiger charge is 2.29. The lowest BCUT2D eigenvalue weighted by molar-refractivity contribution is -0.118. The van der Waals surface area contributed by atoms with E-state index in [1.54, 1.807) is 11.4 Å². The second-order valence-electron chi connectivity index (χ2n) is 7.36. The van der Waals surface area contributed by atoms with E-state index in [0.717, 1.165) is 30.1 Å². The molecule has 1 aromatic heterocycles. The number of anilines is 2. The van der Waals surface area contributed by atoms with Crippen molar-refractivity contribution in [3.05, 3.63) is 41.8 Å². The number of nitrogens with zero attached hydrogens (tertiary/aromatic N) is 1. The van der Waals surface area contributed by atoms with Crippen LogP contribution < -0.4 is 14.9 Å². The number of sulfonamides is 1. The number of carbonyl (C=O) groups excluding carboxylic acids is 1. The molecule has 8 heteroatoms. The normalized spacial score (nSPS) is 16.2. The first-order chi connectivity index (χ1) is 13.4. The zero-order chi connectivity index (χ0) is 20.1. The summed E-state index contributed by atoms with van der Waals surface area (Å²) in [7, 11) is -3.72. The molecule has 0 bridgehead atoms. The van der Waals surface area contributed by atoms with Crippen molar-refractivity contribution in [2.45, 2.75) is 43.4 Å². The molecule has 0 radical (unpaired) electrons. The summed E-state index contributed by atoms with van der Waals surface area (Å²) in [6.07, 6.45) is 3.69. The Hall–Kier alpha value is -1.90. The van der Waals surface area contributed by atoms with Crippen LogP contribution in [0.4, 0.5) is 11.4 Å². The van der Waals surface area contributed by atoms with Gasteiger partial charge in [0, 0.05) is 24.5 Å². The molecule has 6 nitrogen and oxygen atoms in total. The minimum absolute atomic E-state index is 0.192. The molecule has 1 amide bonds. The lowest BCUT2D eigenvalue weighted by Gasteiger charge is -2.29. The van der Waals surface area contributed by atoms with E-state index in [-0.39, 0.29) is 16.0 Å². The van der Waals surface area contributed by atoms with Gasteiger partial charge in [-0.2, -0.15) is 4.72 Å². The fourth-order valence-electron chi connectivity index (χ4n) is 3.26. The van der Waals surface area contributed by atoms with Crippen molar-refractivity contribution in [2.75, 3.05) is 23.3 Å². The minimum atomic E-state index is -3.72.